The summed E-state index contributed by atoms with van der Waals surface area (Å²) in [6.45, 7) is 2.49. The monoisotopic (exact) mass is 274 g/mol. The lowest BCUT2D eigenvalue weighted by molar-refractivity contribution is -0.140. The minimum Gasteiger partial charge on any atom is -0.329 e. The molecule has 0 aromatic carbocycles. The van der Waals surface area contributed by atoms with Crippen LogP contribution in [0.25, 0.3) is 0 Å². The molecule has 0 N–H and O–H groups in total. The highest BCUT2D eigenvalue weighted by Crippen LogP contribution is 2.18. The molecule has 0 fully saturated rings. The second-order valence-electron chi connectivity index (χ2n) is 4.38. The number of amides is 1. The van der Waals surface area contributed by atoms with Crippen LogP contribution in [0.5, 0.6) is 0 Å². The van der Waals surface area contributed by atoms with Gasteiger partial charge in [-0.3, -0.25) is 9.78 Å². The summed E-state index contributed by atoms with van der Waals surface area (Å²) < 4.78 is 37.4. The Morgan fingerprint density at radius 2 is 2.05 bits per heavy atom. The first kappa shape index (κ1) is 15.5. The van der Waals surface area contributed by atoms with Crippen molar-refractivity contribution in [2.75, 3.05) is 13.1 Å². The average Bonchev–Trinajstić information content (AvgIpc) is 2.33. The van der Waals surface area contributed by atoms with E-state index >= 15 is 0 Å². The minimum absolute atomic E-state index is 0.0999. The van der Waals surface area contributed by atoms with Crippen LogP contribution < -0.4 is 0 Å². The fourth-order valence-electron chi connectivity index (χ4n) is 1.59. The van der Waals surface area contributed by atoms with E-state index in [4.69, 9.17) is 0 Å². The molecule has 6 heteroatoms. The molecular weight excluding hydrogens is 257 g/mol. The first-order chi connectivity index (χ1) is 8.83. The number of rotatable bonds is 5. The largest absolute Gasteiger partial charge is 0.406 e. The summed E-state index contributed by atoms with van der Waals surface area (Å²) in [5.41, 5.74) is 0.901. The van der Waals surface area contributed by atoms with Crippen LogP contribution in [-0.2, 0) is 0 Å². The van der Waals surface area contributed by atoms with Gasteiger partial charge in [0.05, 0.1) is 5.56 Å². The van der Waals surface area contributed by atoms with Gasteiger partial charge in [-0.05, 0) is 25.5 Å². The molecule has 106 valence electrons. The number of carbonyl (C=O) groups is 1. The first-order valence-electron chi connectivity index (χ1n) is 6.12. The number of hydrogen-bond acceptors (Lipinski definition) is 2. The lowest BCUT2D eigenvalue weighted by Gasteiger charge is -2.23. The number of carbonyl (C=O) groups excluding carboxylic acids is 1. The van der Waals surface area contributed by atoms with E-state index in [1.807, 2.05) is 6.92 Å². The Morgan fingerprint density at radius 1 is 1.37 bits per heavy atom. The SMILES string of the molecule is CCCCN(CC(F)(F)F)C(=O)c1ccc(C)nc1. The Labute approximate surface area is 110 Å². The van der Waals surface area contributed by atoms with E-state index in [1.54, 1.807) is 13.0 Å². The van der Waals surface area contributed by atoms with Crippen molar-refractivity contribution in [1.29, 1.82) is 0 Å². The van der Waals surface area contributed by atoms with Crippen LogP contribution in [0, 0.1) is 6.92 Å². The van der Waals surface area contributed by atoms with Gasteiger partial charge < -0.3 is 4.90 Å². The fourth-order valence-corrected chi connectivity index (χ4v) is 1.59. The number of unbranched alkanes of at least 4 members (excludes halogenated alkanes) is 1. The van der Waals surface area contributed by atoms with Crippen LogP contribution in [0.3, 0.4) is 0 Å². The molecule has 0 unspecified atom stereocenters. The highest BCUT2D eigenvalue weighted by molar-refractivity contribution is 5.93. The Bertz CT molecular complexity index is 415. The summed E-state index contributed by atoms with van der Waals surface area (Å²) in [6.07, 6.45) is -1.80. The predicted molar refractivity (Wildman–Crippen MR) is 65.8 cm³/mol. The maximum atomic E-state index is 12.5. The van der Waals surface area contributed by atoms with E-state index in [0.717, 1.165) is 11.3 Å². The number of nitrogens with zero attached hydrogens (tertiary/aromatic N) is 2. The Kier molecular flexibility index (Phi) is 5.32. The van der Waals surface area contributed by atoms with Crippen LogP contribution in [0.4, 0.5) is 13.2 Å². The Balaban J connectivity index is 2.83. The van der Waals surface area contributed by atoms with E-state index in [1.165, 1.54) is 12.3 Å². The van der Waals surface area contributed by atoms with Gasteiger partial charge in [0, 0.05) is 18.4 Å². The van der Waals surface area contributed by atoms with Gasteiger partial charge in [0.1, 0.15) is 6.54 Å². The minimum atomic E-state index is -4.39. The van der Waals surface area contributed by atoms with E-state index in [-0.39, 0.29) is 12.1 Å². The van der Waals surface area contributed by atoms with Crippen LogP contribution >= 0.6 is 0 Å². The lowest BCUT2D eigenvalue weighted by atomic mass is 10.2. The fraction of sp³-hybridized carbons (Fsp3) is 0.538. The molecule has 3 nitrogen and oxygen atoms in total. The van der Waals surface area contributed by atoms with Crippen LogP contribution in [0.2, 0.25) is 0 Å². The highest BCUT2D eigenvalue weighted by atomic mass is 19.4. The molecule has 1 heterocycles. The van der Waals surface area contributed by atoms with Crippen molar-refractivity contribution < 1.29 is 18.0 Å². The smallest absolute Gasteiger partial charge is 0.329 e. The third kappa shape index (κ3) is 5.28. The summed E-state index contributed by atoms with van der Waals surface area (Å²) >= 11 is 0. The Morgan fingerprint density at radius 3 is 2.53 bits per heavy atom. The maximum absolute atomic E-state index is 12.5. The number of hydrogen-bond donors (Lipinski definition) is 0. The van der Waals surface area contributed by atoms with Gasteiger partial charge in [-0.1, -0.05) is 13.3 Å². The number of aromatic nitrogens is 1. The van der Waals surface area contributed by atoms with Crippen molar-refractivity contribution in [2.24, 2.45) is 0 Å². The van der Waals surface area contributed by atoms with Crippen molar-refractivity contribution in [1.82, 2.24) is 9.88 Å². The van der Waals surface area contributed by atoms with Crippen molar-refractivity contribution in [3.63, 3.8) is 0 Å². The zero-order chi connectivity index (χ0) is 14.5. The number of pyridine rings is 1. The molecule has 0 saturated heterocycles. The summed E-state index contributed by atoms with van der Waals surface area (Å²) in [5, 5.41) is 0. The molecule has 0 radical (unpaired) electrons. The van der Waals surface area contributed by atoms with Crippen molar-refractivity contribution in [2.45, 2.75) is 32.9 Å². The zero-order valence-electron chi connectivity index (χ0n) is 11.0. The van der Waals surface area contributed by atoms with Gasteiger partial charge in [-0.25, -0.2) is 0 Å². The van der Waals surface area contributed by atoms with Gasteiger partial charge in [-0.15, -0.1) is 0 Å². The molecule has 0 aliphatic heterocycles. The van der Waals surface area contributed by atoms with Crippen LogP contribution in [-0.4, -0.2) is 35.1 Å². The van der Waals surface area contributed by atoms with E-state index in [0.29, 0.717) is 12.1 Å². The van der Waals surface area contributed by atoms with Gasteiger partial charge in [0.2, 0.25) is 0 Å². The highest BCUT2D eigenvalue weighted by Gasteiger charge is 2.33. The molecule has 0 aliphatic rings. The predicted octanol–water partition coefficient (Wildman–Crippen LogP) is 3.19. The van der Waals surface area contributed by atoms with Crippen LogP contribution in [0.1, 0.15) is 35.8 Å². The normalized spacial score (nSPS) is 11.4. The summed E-state index contributed by atoms with van der Waals surface area (Å²) in [5.74, 6) is -0.627. The van der Waals surface area contributed by atoms with Crippen LogP contribution in [0.15, 0.2) is 18.3 Å². The third-order valence-electron chi connectivity index (χ3n) is 2.60. The lowest BCUT2D eigenvalue weighted by Crippen LogP contribution is -2.39. The van der Waals surface area contributed by atoms with Crippen molar-refractivity contribution in [3.05, 3.63) is 29.6 Å². The number of halogens is 3. The van der Waals surface area contributed by atoms with E-state index in [2.05, 4.69) is 4.98 Å². The summed E-state index contributed by atoms with van der Waals surface area (Å²) in [4.78, 5) is 16.8. The zero-order valence-corrected chi connectivity index (χ0v) is 11.0. The third-order valence-corrected chi connectivity index (χ3v) is 2.60. The molecule has 1 amide bonds. The molecule has 0 atom stereocenters. The molecule has 1 rings (SSSR count). The molecule has 0 spiro atoms. The van der Waals surface area contributed by atoms with Gasteiger partial charge in [0.25, 0.3) is 5.91 Å². The van der Waals surface area contributed by atoms with Gasteiger partial charge in [0.15, 0.2) is 0 Å². The van der Waals surface area contributed by atoms with E-state index in [9.17, 15) is 18.0 Å². The molecule has 0 saturated carbocycles. The quantitative estimate of drug-likeness (QED) is 0.826. The summed E-state index contributed by atoms with van der Waals surface area (Å²) in [7, 11) is 0. The molecule has 1 aromatic rings. The second-order valence-corrected chi connectivity index (χ2v) is 4.38. The van der Waals surface area contributed by atoms with Crippen molar-refractivity contribution >= 4 is 5.91 Å². The molecule has 0 bridgehead atoms. The topological polar surface area (TPSA) is 33.2 Å². The standard InChI is InChI=1S/C13H17F3N2O/c1-3-4-7-18(9-13(14,15)16)12(19)11-6-5-10(2)17-8-11/h5-6,8H,3-4,7,9H2,1-2H3. The Hall–Kier alpha value is -1.59. The molecule has 1 aromatic heterocycles. The second kappa shape index (κ2) is 6.54. The van der Waals surface area contributed by atoms with Crippen molar-refractivity contribution in [3.8, 4) is 0 Å². The number of alkyl halides is 3. The van der Waals surface area contributed by atoms with E-state index < -0.39 is 18.6 Å². The number of aryl methyl sites for hydroxylation is 1. The summed E-state index contributed by atoms with van der Waals surface area (Å²) in [6, 6.07) is 3.11. The molecule has 19 heavy (non-hydrogen) atoms. The molecule has 0 aliphatic carbocycles. The van der Waals surface area contributed by atoms with Gasteiger partial charge in [-0.2, -0.15) is 13.2 Å². The maximum Gasteiger partial charge on any atom is 0.406 e. The molecular formula is C13H17F3N2O. The average molecular weight is 274 g/mol. The van der Waals surface area contributed by atoms with Gasteiger partial charge >= 0.3 is 6.18 Å². The first-order valence-corrected chi connectivity index (χ1v) is 6.12.